The number of rotatable bonds is 7. The van der Waals surface area contributed by atoms with Crippen molar-refractivity contribution in [2.24, 2.45) is 5.41 Å². The van der Waals surface area contributed by atoms with E-state index in [2.05, 4.69) is 0 Å². The Balaban J connectivity index is 5.21. The molecule has 0 fully saturated rings. The van der Waals surface area contributed by atoms with Crippen LogP contribution in [0.15, 0.2) is 0 Å². The van der Waals surface area contributed by atoms with Crippen LogP contribution in [0.3, 0.4) is 0 Å². The fourth-order valence-corrected chi connectivity index (χ4v) is 2.20. The number of hydrogen-bond acceptors (Lipinski definition) is 2. The summed E-state index contributed by atoms with van der Waals surface area (Å²) in [5.41, 5.74) is -1.31. The minimum absolute atomic E-state index is 0.0464. The van der Waals surface area contributed by atoms with Gasteiger partial charge in [-0.3, -0.25) is 4.79 Å². The zero-order valence-electron chi connectivity index (χ0n) is 11.7. The maximum Gasteiger partial charge on any atom is 0.406 e. The molecule has 0 aliphatic heterocycles. The van der Waals surface area contributed by atoms with Gasteiger partial charge in [0, 0.05) is 6.54 Å². The summed E-state index contributed by atoms with van der Waals surface area (Å²) in [4.78, 5) is 13.0. The van der Waals surface area contributed by atoms with Crippen molar-refractivity contribution in [3.8, 4) is 6.07 Å². The van der Waals surface area contributed by atoms with Crippen molar-refractivity contribution in [2.45, 2.75) is 52.6 Å². The maximum absolute atomic E-state index is 12.4. The number of alkyl halides is 3. The van der Waals surface area contributed by atoms with Crippen LogP contribution in [0.25, 0.3) is 0 Å². The van der Waals surface area contributed by atoms with Crippen LogP contribution in [0.4, 0.5) is 13.2 Å². The van der Waals surface area contributed by atoms with Gasteiger partial charge in [-0.1, -0.05) is 26.7 Å². The summed E-state index contributed by atoms with van der Waals surface area (Å²) >= 11 is 0. The predicted octanol–water partition coefficient (Wildman–Crippen LogP) is 3.51. The average molecular weight is 278 g/mol. The van der Waals surface area contributed by atoms with E-state index in [0.717, 1.165) is 4.90 Å². The quantitative estimate of drug-likeness (QED) is 0.715. The van der Waals surface area contributed by atoms with E-state index in [1.165, 1.54) is 6.92 Å². The Kier molecular flexibility index (Phi) is 6.88. The number of amides is 1. The Morgan fingerprint density at radius 3 is 1.89 bits per heavy atom. The van der Waals surface area contributed by atoms with Crippen LogP contribution < -0.4 is 0 Å². The summed E-state index contributed by atoms with van der Waals surface area (Å²) in [6, 6.07) is 1.96. The van der Waals surface area contributed by atoms with E-state index in [4.69, 9.17) is 0 Å². The normalized spacial score (nSPS) is 12.1. The third kappa shape index (κ3) is 5.09. The highest BCUT2D eigenvalue weighted by Gasteiger charge is 2.42. The molecule has 0 radical (unpaired) electrons. The molecule has 0 heterocycles. The molecular formula is C13H21F3N2O. The second-order valence-corrected chi connectivity index (χ2v) is 4.63. The Morgan fingerprint density at radius 2 is 1.63 bits per heavy atom. The molecule has 1 amide bonds. The van der Waals surface area contributed by atoms with Crippen LogP contribution in [0, 0.1) is 16.7 Å². The second-order valence-electron chi connectivity index (χ2n) is 4.63. The maximum atomic E-state index is 12.4. The highest BCUT2D eigenvalue weighted by molar-refractivity contribution is 5.85. The first-order chi connectivity index (χ1) is 8.76. The SMILES string of the molecule is CCCC(C#N)(CCC)C(=O)N(CC)CC(F)(F)F. The van der Waals surface area contributed by atoms with Crippen molar-refractivity contribution >= 4 is 5.91 Å². The number of carbonyl (C=O) groups excluding carboxylic acids is 1. The van der Waals surface area contributed by atoms with Gasteiger partial charge in [-0.05, 0) is 19.8 Å². The highest BCUT2D eigenvalue weighted by Crippen LogP contribution is 2.32. The van der Waals surface area contributed by atoms with E-state index in [9.17, 15) is 23.2 Å². The summed E-state index contributed by atoms with van der Waals surface area (Å²) in [6.45, 7) is 3.78. The molecular weight excluding hydrogens is 257 g/mol. The Hall–Kier alpha value is -1.25. The summed E-state index contributed by atoms with van der Waals surface area (Å²) in [5, 5.41) is 9.27. The lowest BCUT2D eigenvalue weighted by atomic mass is 9.79. The molecule has 0 aliphatic carbocycles. The molecule has 6 heteroatoms. The molecule has 0 rings (SSSR count). The Labute approximate surface area is 112 Å². The molecule has 0 unspecified atom stereocenters. The molecule has 19 heavy (non-hydrogen) atoms. The van der Waals surface area contributed by atoms with Gasteiger partial charge in [0.1, 0.15) is 12.0 Å². The number of nitriles is 1. The lowest BCUT2D eigenvalue weighted by Gasteiger charge is -2.32. The molecule has 110 valence electrons. The molecule has 0 aromatic heterocycles. The van der Waals surface area contributed by atoms with E-state index < -0.39 is 24.0 Å². The lowest BCUT2D eigenvalue weighted by Crippen LogP contribution is -2.47. The topological polar surface area (TPSA) is 44.1 Å². The number of nitrogens with zero attached hydrogens (tertiary/aromatic N) is 2. The molecule has 0 bridgehead atoms. The molecule has 0 atom stereocenters. The van der Waals surface area contributed by atoms with Gasteiger partial charge in [0.25, 0.3) is 0 Å². The van der Waals surface area contributed by atoms with Crippen molar-refractivity contribution < 1.29 is 18.0 Å². The third-order valence-electron chi connectivity index (χ3n) is 3.02. The summed E-state index contributed by atoms with van der Waals surface area (Å²) in [5.74, 6) is -0.696. The third-order valence-corrected chi connectivity index (χ3v) is 3.02. The zero-order valence-corrected chi connectivity index (χ0v) is 11.7. The van der Waals surface area contributed by atoms with Gasteiger partial charge in [-0.25, -0.2) is 0 Å². The molecule has 0 spiro atoms. The van der Waals surface area contributed by atoms with Gasteiger partial charge in [-0.15, -0.1) is 0 Å². The molecule has 0 aromatic carbocycles. The largest absolute Gasteiger partial charge is 0.406 e. The van der Waals surface area contributed by atoms with E-state index in [1.54, 1.807) is 0 Å². The first-order valence-electron chi connectivity index (χ1n) is 6.53. The van der Waals surface area contributed by atoms with E-state index in [1.807, 2.05) is 19.9 Å². The smallest absolute Gasteiger partial charge is 0.332 e. The predicted molar refractivity (Wildman–Crippen MR) is 66.2 cm³/mol. The molecule has 0 aliphatic rings. The summed E-state index contributed by atoms with van der Waals surface area (Å²) in [7, 11) is 0. The number of carbonyl (C=O) groups is 1. The lowest BCUT2D eigenvalue weighted by molar-refractivity contribution is -0.166. The van der Waals surface area contributed by atoms with Gasteiger partial charge < -0.3 is 4.90 Å². The molecule has 3 nitrogen and oxygen atoms in total. The molecule has 0 saturated carbocycles. The minimum Gasteiger partial charge on any atom is -0.332 e. The summed E-state index contributed by atoms with van der Waals surface area (Å²) < 4.78 is 37.3. The van der Waals surface area contributed by atoms with Crippen molar-refractivity contribution in [1.82, 2.24) is 4.90 Å². The minimum atomic E-state index is -4.44. The van der Waals surface area contributed by atoms with E-state index in [0.29, 0.717) is 25.7 Å². The van der Waals surface area contributed by atoms with E-state index in [-0.39, 0.29) is 6.54 Å². The van der Waals surface area contributed by atoms with Crippen molar-refractivity contribution in [3.63, 3.8) is 0 Å². The number of halogens is 3. The first-order valence-corrected chi connectivity index (χ1v) is 6.53. The second kappa shape index (κ2) is 7.37. The van der Waals surface area contributed by atoms with Gasteiger partial charge in [0.2, 0.25) is 5.91 Å². The van der Waals surface area contributed by atoms with Crippen LogP contribution in [0.2, 0.25) is 0 Å². The van der Waals surface area contributed by atoms with Crippen molar-refractivity contribution in [2.75, 3.05) is 13.1 Å². The Morgan fingerprint density at radius 1 is 1.16 bits per heavy atom. The van der Waals surface area contributed by atoms with Crippen LogP contribution in [0.1, 0.15) is 46.5 Å². The van der Waals surface area contributed by atoms with Gasteiger partial charge in [0.15, 0.2) is 0 Å². The first kappa shape index (κ1) is 17.8. The fraction of sp³-hybridized carbons (Fsp3) is 0.846. The van der Waals surface area contributed by atoms with Gasteiger partial charge in [-0.2, -0.15) is 18.4 Å². The number of hydrogen-bond donors (Lipinski definition) is 0. The van der Waals surface area contributed by atoms with Crippen LogP contribution in [0.5, 0.6) is 0 Å². The molecule has 0 saturated heterocycles. The molecule has 0 N–H and O–H groups in total. The zero-order chi connectivity index (χ0) is 15.1. The van der Waals surface area contributed by atoms with Crippen LogP contribution >= 0.6 is 0 Å². The highest BCUT2D eigenvalue weighted by atomic mass is 19.4. The van der Waals surface area contributed by atoms with Crippen molar-refractivity contribution in [3.05, 3.63) is 0 Å². The van der Waals surface area contributed by atoms with Gasteiger partial charge in [0.05, 0.1) is 6.07 Å². The molecule has 0 aromatic rings. The van der Waals surface area contributed by atoms with Crippen LogP contribution in [-0.4, -0.2) is 30.1 Å². The van der Waals surface area contributed by atoms with Crippen LogP contribution in [-0.2, 0) is 4.79 Å². The van der Waals surface area contributed by atoms with Crippen molar-refractivity contribution in [1.29, 1.82) is 5.26 Å². The standard InChI is InChI=1S/C13H21F3N2O/c1-4-7-12(9-17,8-5-2)11(19)18(6-3)10-13(14,15)16/h4-8,10H2,1-3H3. The average Bonchev–Trinajstić information content (AvgIpc) is 2.33. The Bertz CT molecular complexity index is 328. The fourth-order valence-electron chi connectivity index (χ4n) is 2.20. The van der Waals surface area contributed by atoms with Gasteiger partial charge >= 0.3 is 6.18 Å². The summed E-state index contributed by atoms with van der Waals surface area (Å²) in [6.07, 6.45) is -2.67. The van der Waals surface area contributed by atoms with E-state index >= 15 is 0 Å². The monoisotopic (exact) mass is 278 g/mol.